The van der Waals surface area contributed by atoms with Gasteiger partial charge in [-0.2, -0.15) is 0 Å². The number of nitro benzene ring substituents is 1. The van der Waals surface area contributed by atoms with Crippen molar-refractivity contribution in [3.05, 3.63) is 34.1 Å². The molecule has 1 atom stereocenters. The summed E-state index contributed by atoms with van der Waals surface area (Å²) in [6.45, 7) is 1.21. The summed E-state index contributed by atoms with van der Waals surface area (Å²) in [7, 11) is 1.49. The third-order valence-corrected chi connectivity index (χ3v) is 2.73. The monoisotopic (exact) mass is 271 g/mol. The Morgan fingerprint density at radius 3 is 2.74 bits per heavy atom. The Hall–Kier alpha value is -2.22. The highest BCUT2D eigenvalue weighted by molar-refractivity contribution is 5.84. The lowest BCUT2D eigenvalue weighted by molar-refractivity contribution is -0.386. The minimum atomic E-state index is -1.21. The maximum Gasteiger partial charge on any atom is 0.311 e. The first-order valence-electron chi connectivity index (χ1n) is 5.35. The Bertz CT molecular complexity index is 509. The number of hydrogen-bond acceptors (Lipinski definition) is 5. The van der Waals surface area contributed by atoms with Gasteiger partial charge in [0.1, 0.15) is 18.0 Å². The maximum atomic E-state index is 13.1. The van der Waals surface area contributed by atoms with Gasteiger partial charge >= 0.3 is 5.69 Å². The van der Waals surface area contributed by atoms with Crippen LogP contribution in [0.4, 0.5) is 10.1 Å². The summed E-state index contributed by atoms with van der Waals surface area (Å²) in [5, 5.41) is 13.4. The van der Waals surface area contributed by atoms with Crippen LogP contribution in [0.1, 0.15) is 6.92 Å². The molecule has 0 aliphatic carbocycles. The molecule has 3 N–H and O–H groups in total. The van der Waals surface area contributed by atoms with Gasteiger partial charge in [-0.3, -0.25) is 14.9 Å². The number of amides is 1. The van der Waals surface area contributed by atoms with Crippen molar-refractivity contribution in [2.45, 2.75) is 12.5 Å². The van der Waals surface area contributed by atoms with Crippen molar-refractivity contribution in [2.75, 3.05) is 13.7 Å². The molecule has 0 aromatic heterocycles. The first-order chi connectivity index (χ1) is 8.80. The van der Waals surface area contributed by atoms with Gasteiger partial charge in [-0.05, 0) is 20.0 Å². The average Bonchev–Trinajstić information content (AvgIpc) is 2.35. The summed E-state index contributed by atoms with van der Waals surface area (Å²) in [5.74, 6) is -1.62. The summed E-state index contributed by atoms with van der Waals surface area (Å²) in [6.07, 6.45) is 0. The molecule has 0 aliphatic rings. The second kappa shape index (κ2) is 5.61. The van der Waals surface area contributed by atoms with Gasteiger partial charge in [-0.15, -0.1) is 0 Å². The van der Waals surface area contributed by atoms with Crippen LogP contribution in [0.3, 0.4) is 0 Å². The molecule has 0 spiro atoms. The number of nitro groups is 1. The van der Waals surface area contributed by atoms with E-state index in [4.69, 9.17) is 10.5 Å². The number of carbonyl (C=O) groups is 1. The molecule has 19 heavy (non-hydrogen) atoms. The molecule has 0 radical (unpaired) electrons. The first kappa shape index (κ1) is 14.8. The van der Waals surface area contributed by atoms with Crippen LogP contribution in [0.5, 0.6) is 5.75 Å². The predicted molar refractivity (Wildman–Crippen MR) is 65.2 cm³/mol. The number of nitrogens with two attached hydrogens (primary N) is 1. The first-order valence-corrected chi connectivity index (χ1v) is 5.35. The van der Waals surface area contributed by atoms with Crippen molar-refractivity contribution < 1.29 is 18.8 Å². The molecule has 0 aliphatic heterocycles. The summed E-state index contributed by atoms with van der Waals surface area (Å²) >= 11 is 0. The number of ether oxygens (including phenoxy) is 1. The van der Waals surface area contributed by atoms with Gasteiger partial charge in [0.25, 0.3) is 0 Å². The zero-order valence-electron chi connectivity index (χ0n) is 10.5. The Morgan fingerprint density at radius 2 is 2.26 bits per heavy atom. The molecule has 0 fully saturated rings. The molecule has 1 aromatic carbocycles. The van der Waals surface area contributed by atoms with Crippen LogP contribution in [0.15, 0.2) is 18.2 Å². The van der Waals surface area contributed by atoms with Crippen molar-refractivity contribution in [2.24, 2.45) is 5.73 Å². The lowest BCUT2D eigenvalue weighted by Crippen LogP contribution is -2.55. The van der Waals surface area contributed by atoms with Crippen LogP contribution in [0, 0.1) is 15.9 Å². The van der Waals surface area contributed by atoms with Gasteiger partial charge in [-0.1, -0.05) is 0 Å². The molecule has 104 valence electrons. The second-order valence-electron chi connectivity index (χ2n) is 4.10. The van der Waals surface area contributed by atoms with E-state index in [0.29, 0.717) is 0 Å². The summed E-state index contributed by atoms with van der Waals surface area (Å²) < 4.78 is 18.2. The number of likely N-dealkylation sites (N-methyl/N-ethyl adjacent to an activating group) is 1. The van der Waals surface area contributed by atoms with Gasteiger partial charge < -0.3 is 15.8 Å². The van der Waals surface area contributed by atoms with Crippen molar-refractivity contribution in [1.29, 1.82) is 0 Å². The van der Waals surface area contributed by atoms with Gasteiger partial charge in [0.15, 0.2) is 5.75 Å². The lowest BCUT2D eigenvalue weighted by atomic mass is 10.0. The van der Waals surface area contributed by atoms with Crippen molar-refractivity contribution in [3.63, 3.8) is 0 Å². The van der Waals surface area contributed by atoms with Crippen LogP contribution in [-0.4, -0.2) is 30.0 Å². The highest BCUT2D eigenvalue weighted by Gasteiger charge is 2.31. The third-order valence-electron chi connectivity index (χ3n) is 2.73. The van der Waals surface area contributed by atoms with E-state index < -0.39 is 22.2 Å². The third kappa shape index (κ3) is 3.38. The Balaban J connectivity index is 2.97. The molecule has 1 unspecified atom stereocenters. The lowest BCUT2D eigenvalue weighted by Gasteiger charge is -2.25. The molecule has 1 aromatic rings. The molecule has 8 heteroatoms. The van der Waals surface area contributed by atoms with E-state index in [1.165, 1.54) is 14.0 Å². The molecule has 0 saturated heterocycles. The Kier molecular flexibility index (Phi) is 4.38. The van der Waals surface area contributed by atoms with E-state index in [1.54, 1.807) is 0 Å². The number of nitrogens with one attached hydrogen (secondary N) is 1. The van der Waals surface area contributed by atoms with E-state index >= 15 is 0 Å². The fraction of sp³-hybridized carbons (Fsp3) is 0.364. The number of primary amides is 1. The number of nitrogens with zero attached hydrogens (tertiary/aromatic N) is 1. The SMILES string of the molecule is CNC(C)(COc1cc(F)ccc1[N+](=O)[O-])C(N)=O. The van der Waals surface area contributed by atoms with E-state index in [-0.39, 0.29) is 18.0 Å². The van der Waals surface area contributed by atoms with Gasteiger partial charge in [0, 0.05) is 12.1 Å². The molecule has 0 heterocycles. The largest absolute Gasteiger partial charge is 0.484 e. The number of benzene rings is 1. The molecule has 1 rings (SSSR count). The normalized spacial score (nSPS) is 13.6. The smallest absolute Gasteiger partial charge is 0.311 e. The molecule has 1 amide bonds. The standard InChI is InChI=1S/C11H14FN3O4/c1-11(14-2,10(13)16)6-19-9-5-7(12)3-4-8(9)15(17)18/h3-5,14H,6H2,1-2H3,(H2,13,16). The van der Waals surface area contributed by atoms with Crippen molar-refractivity contribution >= 4 is 11.6 Å². The summed E-state index contributed by atoms with van der Waals surface area (Å²) in [5.41, 5.74) is 3.59. The molecule has 0 bridgehead atoms. The quantitative estimate of drug-likeness (QED) is 0.581. The number of hydrogen-bond donors (Lipinski definition) is 2. The fourth-order valence-electron chi connectivity index (χ4n) is 1.24. The number of halogens is 1. The molecular weight excluding hydrogens is 257 g/mol. The Morgan fingerprint density at radius 1 is 1.63 bits per heavy atom. The predicted octanol–water partition coefficient (Wildman–Crippen LogP) is 0.576. The zero-order chi connectivity index (χ0) is 14.6. The van der Waals surface area contributed by atoms with E-state index in [2.05, 4.69) is 5.32 Å². The van der Waals surface area contributed by atoms with Gasteiger partial charge in [-0.25, -0.2) is 4.39 Å². The van der Waals surface area contributed by atoms with Crippen LogP contribution in [0.2, 0.25) is 0 Å². The fourth-order valence-corrected chi connectivity index (χ4v) is 1.24. The van der Waals surface area contributed by atoms with Crippen LogP contribution >= 0.6 is 0 Å². The van der Waals surface area contributed by atoms with E-state index in [9.17, 15) is 19.3 Å². The molecule has 0 saturated carbocycles. The number of rotatable bonds is 6. The summed E-state index contributed by atoms with van der Waals surface area (Å²) in [6, 6.07) is 2.83. The Labute approximate surface area is 108 Å². The zero-order valence-corrected chi connectivity index (χ0v) is 10.5. The topological polar surface area (TPSA) is 107 Å². The highest BCUT2D eigenvalue weighted by Crippen LogP contribution is 2.28. The minimum absolute atomic E-state index is 0.257. The van der Waals surface area contributed by atoms with E-state index in [1.807, 2.05) is 0 Å². The van der Waals surface area contributed by atoms with Crippen LogP contribution in [-0.2, 0) is 4.79 Å². The van der Waals surface area contributed by atoms with Crippen LogP contribution < -0.4 is 15.8 Å². The maximum absolute atomic E-state index is 13.1. The van der Waals surface area contributed by atoms with Crippen molar-refractivity contribution in [3.8, 4) is 5.75 Å². The highest BCUT2D eigenvalue weighted by atomic mass is 19.1. The average molecular weight is 271 g/mol. The molecular formula is C11H14FN3O4. The van der Waals surface area contributed by atoms with Gasteiger partial charge in [0.05, 0.1) is 4.92 Å². The molecule has 7 nitrogen and oxygen atoms in total. The second-order valence-corrected chi connectivity index (χ2v) is 4.10. The minimum Gasteiger partial charge on any atom is -0.484 e. The van der Waals surface area contributed by atoms with Crippen LogP contribution in [0.25, 0.3) is 0 Å². The van der Waals surface area contributed by atoms with E-state index in [0.717, 1.165) is 18.2 Å². The number of carbonyl (C=O) groups excluding carboxylic acids is 1. The van der Waals surface area contributed by atoms with Gasteiger partial charge in [0.2, 0.25) is 5.91 Å². The van der Waals surface area contributed by atoms with Crippen molar-refractivity contribution in [1.82, 2.24) is 5.32 Å². The summed E-state index contributed by atoms with van der Waals surface area (Å²) in [4.78, 5) is 21.3.